The highest BCUT2D eigenvalue weighted by atomic mass is 35.5. The maximum absolute atomic E-state index is 12.5. The number of carboxylic acids is 1. The van der Waals surface area contributed by atoms with Crippen LogP contribution in [0.4, 0.5) is 0 Å². The van der Waals surface area contributed by atoms with Crippen molar-refractivity contribution >= 4 is 23.5 Å². The van der Waals surface area contributed by atoms with Crippen LogP contribution < -0.4 is 4.74 Å². The zero-order chi connectivity index (χ0) is 19.9. The summed E-state index contributed by atoms with van der Waals surface area (Å²) in [4.78, 5) is 27.4. The highest BCUT2D eigenvalue weighted by Crippen LogP contribution is 2.24. The van der Waals surface area contributed by atoms with Crippen LogP contribution >= 0.6 is 11.6 Å². The topological polar surface area (TPSA) is 70.1 Å². The van der Waals surface area contributed by atoms with Crippen molar-refractivity contribution in [2.45, 2.75) is 6.42 Å². The average molecular weight is 403 g/mol. The third-order valence-corrected chi connectivity index (χ3v) is 4.99. The number of halogens is 1. The van der Waals surface area contributed by atoms with Crippen LogP contribution in [-0.4, -0.2) is 66.1 Å². The number of carbonyl (C=O) groups is 2. The summed E-state index contributed by atoms with van der Waals surface area (Å²) in [5.74, 6) is -0.399. The number of rotatable bonds is 7. The van der Waals surface area contributed by atoms with E-state index in [-0.39, 0.29) is 12.5 Å². The molecule has 1 heterocycles. The van der Waals surface area contributed by atoms with E-state index in [0.29, 0.717) is 30.3 Å². The Balaban J connectivity index is 1.52. The van der Waals surface area contributed by atoms with E-state index >= 15 is 0 Å². The molecular weight excluding hydrogens is 380 g/mol. The van der Waals surface area contributed by atoms with Crippen LogP contribution in [-0.2, 0) is 11.2 Å². The van der Waals surface area contributed by atoms with E-state index < -0.39 is 5.97 Å². The molecule has 1 amide bonds. The standard InChI is InChI=1S/C21H23ClN2O4/c22-18-6-7-19(28-15-20(25)26)17(14-18)8-9-23-10-12-24(13-11-23)21(27)16-4-2-1-3-5-16/h1-7,14H,8-13,15H2,(H,25,26). The van der Waals surface area contributed by atoms with Crippen molar-refractivity contribution in [3.05, 3.63) is 64.7 Å². The van der Waals surface area contributed by atoms with Gasteiger partial charge in [-0.15, -0.1) is 0 Å². The molecule has 1 N–H and O–H groups in total. The first-order valence-electron chi connectivity index (χ1n) is 9.22. The van der Waals surface area contributed by atoms with Gasteiger partial charge in [-0.1, -0.05) is 29.8 Å². The van der Waals surface area contributed by atoms with Gasteiger partial charge in [-0.25, -0.2) is 4.79 Å². The van der Waals surface area contributed by atoms with E-state index in [2.05, 4.69) is 4.90 Å². The Morgan fingerprint density at radius 1 is 1.04 bits per heavy atom. The molecule has 0 atom stereocenters. The Bertz CT molecular complexity index is 820. The van der Waals surface area contributed by atoms with E-state index in [1.165, 1.54) is 0 Å². The molecule has 7 heteroatoms. The van der Waals surface area contributed by atoms with Gasteiger partial charge in [-0.3, -0.25) is 9.69 Å². The number of ether oxygens (including phenoxy) is 1. The van der Waals surface area contributed by atoms with Gasteiger partial charge in [0.2, 0.25) is 0 Å². The number of amides is 1. The molecule has 0 aromatic heterocycles. The molecule has 3 rings (SSSR count). The van der Waals surface area contributed by atoms with Crippen molar-refractivity contribution in [3.8, 4) is 5.75 Å². The third kappa shape index (κ3) is 5.47. The first-order chi connectivity index (χ1) is 13.5. The molecule has 148 valence electrons. The fourth-order valence-electron chi connectivity index (χ4n) is 3.24. The predicted molar refractivity (Wildman–Crippen MR) is 107 cm³/mol. The van der Waals surface area contributed by atoms with Crippen LogP contribution in [0.3, 0.4) is 0 Å². The molecule has 0 spiro atoms. The van der Waals surface area contributed by atoms with Crippen LogP contribution in [0.5, 0.6) is 5.75 Å². The van der Waals surface area contributed by atoms with Gasteiger partial charge in [0.05, 0.1) is 0 Å². The lowest BCUT2D eigenvalue weighted by atomic mass is 10.1. The van der Waals surface area contributed by atoms with Gasteiger partial charge < -0.3 is 14.7 Å². The van der Waals surface area contributed by atoms with Gasteiger partial charge in [0, 0.05) is 43.3 Å². The van der Waals surface area contributed by atoms with Crippen molar-refractivity contribution in [1.29, 1.82) is 0 Å². The molecule has 0 saturated carbocycles. The summed E-state index contributed by atoms with van der Waals surface area (Å²) in [5, 5.41) is 9.41. The van der Waals surface area contributed by atoms with Crippen LogP contribution in [0, 0.1) is 0 Å². The molecule has 1 aliphatic heterocycles. The van der Waals surface area contributed by atoms with Crippen LogP contribution in [0.2, 0.25) is 5.02 Å². The molecule has 0 aliphatic carbocycles. The lowest BCUT2D eigenvalue weighted by Gasteiger charge is -2.34. The number of piperazine rings is 1. The van der Waals surface area contributed by atoms with Crippen molar-refractivity contribution in [1.82, 2.24) is 9.80 Å². The Morgan fingerprint density at radius 3 is 2.43 bits per heavy atom. The Hall–Kier alpha value is -2.57. The number of carbonyl (C=O) groups excluding carboxylic acids is 1. The molecular formula is C21H23ClN2O4. The second kappa shape index (κ2) is 9.57. The third-order valence-electron chi connectivity index (χ3n) is 4.75. The van der Waals surface area contributed by atoms with Crippen molar-refractivity contribution in [2.75, 3.05) is 39.3 Å². The summed E-state index contributed by atoms with van der Waals surface area (Å²) in [6.07, 6.45) is 0.697. The van der Waals surface area contributed by atoms with Gasteiger partial charge in [0.1, 0.15) is 5.75 Å². The van der Waals surface area contributed by atoms with E-state index in [0.717, 1.165) is 30.8 Å². The van der Waals surface area contributed by atoms with Crippen LogP contribution in [0.25, 0.3) is 0 Å². The quantitative estimate of drug-likeness (QED) is 0.771. The molecule has 2 aromatic carbocycles. The highest BCUT2D eigenvalue weighted by Gasteiger charge is 2.22. The van der Waals surface area contributed by atoms with Crippen LogP contribution in [0.15, 0.2) is 48.5 Å². The predicted octanol–water partition coefficient (Wildman–Crippen LogP) is 2.80. The van der Waals surface area contributed by atoms with Crippen molar-refractivity contribution in [2.24, 2.45) is 0 Å². The summed E-state index contributed by atoms with van der Waals surface area (Å²) in [6, 6.07) is 14.5. The number of nitrogens with zero attached hydrogens (tertiary/aromatic N) is 2. The molecule has 0 radical (unpaired) electrons. The van der Waals surface area contributed by atoms with Gasteiger partial charge in [-0.2, -0.15) is 0 Å². The van der Waals surface area contributed by atoms with E-state index in [1.54, 1.807) is 12.1 Å². The fourth-order valence-corrected chi connectivity index (χ4v) is 3.43. The Labute approximate surface area is 169 Å². The summed E-state index contributed by atoms with van der Waals surface area (Å²) < 4.78 is 5.36. The second-order valence-electron chi connectivity index (χ2n) is 6.68. The lowest BCUT2D eigenvalue weighted by Crippen LogP contribution is -2.49. The maximum atomic E-state index is 12.5. The number of benzene rings is 2. The van der Waals surface area contributed by atoms with Gasteiger partial charge in [-0.05, 0) is 42.3 Å². The van der Waals surface area contributed by atoms with E-state index in [4.69, 9.17) is 21.4 Å². The zero-order valence-electron chi connectivity index (χ0n) is 15.5. The minimum atomic E-state index is -1.01. The molecule has 1 saturated heterocycles. The number of hydrogen-bond acceptors (Lipinski definition) is 4. The van der Waals surface area contributed by atoms with E-state index in [1.807, 2.05) is 41.3 Å². The molecule has 1 fully saturated rings. The first-order valence-corrected chi connectivity index (χ1v) is 9.60. The lowest BCUT2D eigenvalue weighted by molar-refractivity contribution is -0.139. The summed E-state index contributed by atoms with van der Waals surface area (Å²) in [5.41, 5.74) is 1.60. The summed E-state index contributed by atoms with van der Waals surface area (Å²) in [7, 11) is 0. The second-order valence-corrected chi connectivity index (χ2v) is 7.12. The van der Waals surface area contributed by atoms with Gasteiger partial charge in [0.25, 0.3) is 5.91 Å². The molecule has 28 heavy (non-hydrogen) atoms. The van der Waals surface area contributed by atoms with E-state index in [9.17, 15) is 9.59 Å². The molecule has 0 unspecified atom stereocenters. The largest absolute Gasteiger partial charge is 0.482 e. The van der Waals surface area contributed by atoms with Crippen molar-refractivity contribution < 1.29 is 19.4 Å². The minimum Gasteiger partial charge on any atom is -0.482 e. The SMILES string of the molecule is O=C(O)COc1ccc(Cl)cc1CCN1CCN(C(=O)c2ccccc2)CC1. The number of aliphatic carboxylic acids is 1. The number of hydrogen-bond donors (Lipinski definition) is 1. The highest BCUT2D eigenvalue weighted by molar-refractivity contribution is 6.30. The summed E-state index contributed by atoms with van der Waals surface area (Å²) >= 11 is 6.08. The maximum Gasteiger partial charge on any atom is 0.341 e. The Kier molecular flexibility index (Phi) is 6.90. The zero-order valence-corrected chi connectivity index (χ0v) is 16.3. The average Bonchev–Trinajstić information content (AvgIpc) is 2.72. The molecule has 0 bridgehead atoms. The minimum absolute atomic E-state index is 0.0689. The van der Waals surface area contributed by atoms with Gasteiger partial charge in [0.15, 0.2) is 6.61 Å². The van der Waals surface area contributed by atoms with Crippen molar-refractivity contribution in [3.63, 3.8) is 0 Å². The molecule has 1 aliphatic rings. The molecule has 2 aromatic rings. The first kappa shape index (κ1) is 20.2. The summed E-state index contributed by atoms with van der Waals surface area (Å²) in [6.45, 7) is 3.37. The Morgan fingerprint density at radius 2 is 1.75 bits per heavy atom. The number of carboxylic acid groups (broad SMARTS) is 1. The molecule has 6 nitrogen and oxygen atoms in total. The smallest absolute Gasteiger partial charge is 0.341 e. The van der Waals surface area contributed by atoms with Crippen LogP contribution in [0.1, 0.15) is 15.9 Å². The fraction of sp³-hybridized carbons (Fsp3) is 0.333. The van der Waals surface area contributed by atoms with Gasteiger partial charge >= 0.3 is 5.97 Å². The monoisotopic (exact) mass is 402 g/mol. The normalized spacial score (nSPS) is 14.7.